The first-order valence-corrected chi connectivity index (χ1v) is 33.3. The van der Waals surface area contributed by atoms with Crippen molar-refractivity contribution >= 4 is 28.4 Å². The van der Waals surface area contributed by atoms with Gasteiger partial charge in [0, 0.05) is 91.6 Å². The van der Waals surface area contributed by atoms with E-state index in [0.29, 0.717) is 103 Å². The highest BCUT2D eigenvalue weighted by Crippen LogP contribution is 2.81. The minimum atomic E-state index is -1.05. The molecule has 2 saturated heterocycles. The molecule has 12 heteroatoms. The minimum absolute atomic E-state index is 0.0603. The van der Waals surface area contributed by atoms with Gasteiger partial charge in [-0.1, -0.05) is 92.2 Å². The molecule has 12 nitrogen and oxygen atoms in total. The van der Waals surface area contributed by atoms with Crippen LogP contribution in [0, 0.1) is 56.2 Å². The number of aromatic nitrogens is 2. The largest absolute Gasteiger partial charge is 0.393 e. The predicted octanol–water partition coefficient (Wildman–Crippen LogP) is 11.8. The number of aromatic amines is 1. The summed E-state index contributed by atoms with van der Waals surface area (Å²) in [5, 5.41) is 55.1. The van der Waals surface area contributed by atoms with Crippen LogP contribution in [-0.4, -0.2) is 104 Å². The standard InChI is InChI=1S/C71H101N3O9/c1-10-11-13-18-49-61(80)57-56-48(60(79)62-67(6,68(49,56)7)25-23-53-66(5,27-30-72-9)54(78)37-70(69(53,62)8)26-22-44(75)35-70)40-74-39-47(58-59(74)42(38-73-58)21-24-65(57,4)36-52(77)63-64(2,3)83-63)55-46-33-43(41-16-14-12-15-17-41)34-50(45(46)19-20-51(55)76)71(81)28-31-82-32-29-71/h33-34,38-39,41,44,48-49,52-53,55,60,62-63,72-73,75,77,79,81H,10-32,35-37,40H2,1-9H3. The summed E-state index contributed by atoms with van der Waals surface area (Å²) < 4.78 is 14.5. The monoisotopic (exact) mass is 1140 g/mol. The third kappa shape index (κ3) is 8.50. The number of nitrogens with zero attached hydrogens (tertiary/aromatic N) is 1. The number of ketones is 3. The number of epoxide rings is 1. The summed E-state index contributed by atoms with van der Waals surface area (Å²) in [5.41, 5.74) is 4.80. The second-order valence-electron chi connectivity index (χ2n) is 31.1. The van der Waals surface area contributed by atoms with Crippen molar-refractivity contribution in [1.29, 1.82) is 0 Å². The zero-order valence-electron chi connectivity index (χ0n) is 52.0. The average Bonchev–Trinajstić information content (AvgIpc) is 1.68. The van der Waals surface area contributed by atoms with Crippen molar-refractivity contribution in [2.75, 3.05) is 26.8 Å². The Hall–Kier alpha value is -3.49. The zero-order chi connectivity index (χ0) is 58.6. The van der Waals surface area contributed by atoms with Gasteiger partial charge < -0.3 is 44.8 Å². The molecule has 0 amide bonds. The van der Waals surface area contributed by atoms with Crippen LogP contribution in [0.5, 0.6) is 0 Å². The molecule has 7 aliphatic carbocycles. The number of aliphatic hydroxyl groups excluding tert-OH is 3. The van der Waals surface area contributed by atoms with Gasteiger partial charge in [0.1, 0.15) is 17.7 Å². The van der Waals surface area contributed by atoms with Gasteiger partial charge in [0.2, 0.25) is 0 Å². The Morgan fingerprint density at radius 1 is 0.880 bits per heavy atom. The Morgan fingerprint density at radius 2 is 1.63 bits per heavy atom. The quantitative estimate of drug-likeness (QED) is 0.0710. The number of allylic oxidation sites excluding steroid dienone is 1. The number of benzene rings is 1. The number of ether oxygens (including phenoxy) is 2. The molecule has 3 aromatic rings. The highest BCUT2D eigenvalue weighted by molar-refractivity contribution is 6.04. The van der Waals surface area contributed by atoms with E-state index in [-0.39, 0.29) is 41.2 Å². The summed E-state index contributed by atoms with van der Waals surface area (Å²) in [6, 6.07) is 4.67. The van der Waals surface area contributed by atoms with Crippen molar-refractivity contribution in [3.8, 4) is 0 Å². The first kappa shape index (κ1) is 58.5. The normalized spacial score (nSPS) is 40.6. The molecular formula is C71H101N3O9. The number of hydrogen-bond donors (Lipinski definition) is 6. The van der Waals surface area contributed by atoms with Crippen LogP contribution in [0.1, 0.15) is 235 Å². The Kier molecular flexibility index (Phi) is 14.5. The summed E-state index contributed by atoms with van der Waals surface area (Å²) in [6.07, 6.45) is 19.2. The second-order valence-corrected chi connectivity index (χ2v) is 31.1. The molecule has 83 heavy (non-hydrogen) atoms. The fraction of sp³-hybridized carbons (Fsp3) is 0.761. The lowest BCUT2D eigenvalue weighted by Gasteiger charge is -2.74. The van der Waals surface area contributed by atoms with Crippen LogP contribution in [0.2, 0.25) is 0 Å². The van der Waals surface area contributed by atoms with E-state index in [2.05, 4.69) is 80.9 Å². The van der Waals surface area contributed by atoms with E-state index >= 15 is 14.4 Å². The molecule has 10 aliphatic rings. The van der Waals surface area contributed by atoms with E-state index < -0.39 is 73.8 Å². The third-order valence-corrected chi connectivity index (χ3v) is 26.6. The number of carbonyl (C=O) groups is 3. The third-order valence-electron chi connectivity index (χ3n) is 26.6. The Labute approximate surface area is 494 Å². The maximum absolute atomic E-state index is 16.7. The summed E-state index contributed by atoms with van der Waals surface area (Å²) in [5.74, 6) is -0.858. The fourth-order valence-corrected chi connectivity index (χ4v) is 22.1. The van der Waals surface area contributed by atoms with Crippen LogP contribution in [0.3, 0.4) is 0 Å². The van der Waals surface area contributed by atoms with Gasteiger partial charge in [0.25, 0.3) is 0 Å². The summed E-state index contributed by atoms with van der Waals surface area (Å²) in [4.78, 5) is 51.1. The summed E-state index contributed by atoms with van der Waals surface area (Å²) in [6.45, 7) is 20.1. The van der Waals surface area contributed by atoms with Crippen LogP contribution < -0.4 is 5.32 Å². The van der Waals surface area contributed by atoms with Gasteiger partial charge in [0.15, 0.2) is 5.78 Å². The molecule has 0 bridgehead atoms. The summed E-state index contributed by atoms with van der Waals surface area (Å²) >= 11 is 0. The fourth-order valence-electron chi connectivity index (χ4n) is 22.1. The van der Waals surface area contributed by atoms with Crippen molar-refractivity contribution in [3.05, 3.63) is 69.1 Å². The van der Waals surface area contributed by atoms with Gasteiger partial charge in [-0.2, -0.15) is 0 Å². The van der Waals surface area contributed by atoms with Gasteiger partial charge in [-0.3, -0.25) is 14.4 Å². The van der Waals surface area contributed by atoms with Gasteiger partial charge in [-0.05, 0) is 184 Å². The van der Waals surface area contributed by atoms with E-state index in [1.807, 2.05) is 20.9 Å². The van der Waals surface area contributed by atoms with Crippen molar-refractivity contribution in [2.24, 2.45) is 56.2 Å². The average molecular weight is 1140 g/mol. The van der Waals surface area contributed by atoms with E-state index in [9.17, 15) is 20.4 Å². The van der Waals surface area contributed by atoms with Crippen molar-refractivity contribution in [2.45, 2.75) is 257 Å². The Bertz CT molecular complexity index is 3100. The molecule has 2 aromatic heterocycles. The molecule has 15 unspecified atom stereocenters. The van der Waals surface area contributed by atoms with Crippen LogP contribution in [0.4, 0.5) is 0 Å². The molecule has 0 radical (unpaired) electrons. The van der Waals surface area contributed by atoms with Gasteiger partial charge >= 0.3 is 0 Å². The SMILES string of the molecule is CCCCCC1C(=O)C2=C3C(Cn4cc(C5C(=O)CCc6c5cc(C5CCCCC5)cc6C5(O)CCOCC5)c5[nH]cc(c54)CCC2(C)CC(O)C2OC2(C)C)C(O)C2C(C)(CCC4C(C)(CCNC)C(=O)CC5(CCC(O)C5)C42C)C31C. The predicted molar refractivity (Wildman–Crippen MR) is 322 cm³/mol. The summed E-state index contributed by atoms with van der Waals surface area (Å²) in [7, 11) is 1.96. The van der Waals surface area contributed by atoms with E-state index in [1.165, 1.54) is 24.8 Å². The van der Waals surface area contributed by atoms with Crippen molar-refractivity contribution in [1.82, 2.24) is 14.9 Å². The number of aliphatic hydroxyl groups is 4. The number of nitrogens with one attached hydrogen (secondary N) is 2. The Balaban J connectivity index is 1.04. The van der Waals surface area contributed by atoms with Crippen molar-refractivity contribution < 1.29 is 44.3 Å². The smallest absolute Gasteiger partial charge is 0.163 e. The van der Waals surface area contributed by atoms with Gasteiger partial charge in [-0.25, -0.2) is 0 Å². The minimum Gasteiger partial charge on any atom is -0.393 e. The Morgan fingerprint density at radius 3 is 2.31 bits per heavy atom. The van der Waals surface area contributed by atoms with Gasteiger partial charge in [0.05, 0.1) is 46.5 Å². The molecular weight excluding hydrogens is 1040 g/mol. The molecule has 5 saturated carbocycles. The van der Waals surface area contributed by atoms with Gasteiger partial charge in [-0.15, -0.1) is 0 Å². The highest BCUT2D eigenvalue weighted by Gasteiger charge is 2.79. The molecule has 15 atom stereocenters. The lowest BCUT2D eigenvalue weighted by atomic mass is 9.29. The van der Waals surface area contributed by atoms with Crippen LogP contribution in [0.25, 0.3) is 11.0 Å². The topological polar surface area (TPSA) is 187 Å². The number of unbranched alkanes of at least 4 members (excludes halogenated alkanes) is 2. The van der Waals surface area contributed by atoms with Crippen LogP contribution >= 0.6 is 0 Å². The zero-order valence-corrected chi connectivity index (χ0v) is 52.0. The molecule has 3 aliphatic heterocycles. The number of aryl methyl sites for hydroxylation is 1. The first-order valence-electron chi connectivity index (χ1n) is 33.3. The van der Waals surface area contributed by atoms with Crippen molar-refractivity contribution in [3.63, 3.8) is 0 Å². The number of hydrogen-bond acceptors (Lipinski definition) is 10. The maximum atomic E-state index is 16.7. The lowest BCUT2D eigenvalue weighted by molar-refractivity contribution is -0.267. The molecule has 454 valence electrons. The molecule has 1 aromatic carbocycles. The van der Waals surface area contributed by atoms with E-state index in [4.69, 9.17) is 9.47 Å². The molecule has 7 fully saturated rings. The highest BCUT2D eigenvalue weighted by atomic mass is 16.6. The number of Topliss-reactive ketones (excluding diaryl/α,β-unsaturated/α-hetero) is 3. The maximum Gasteiger partial charge on any atom is 0.163 e. The number of H-pyrrole nitrogens is 1. The number of fused-ring (bicyclic) bond motifs is 6. The molecule has 13 rings (SSSR count). The van der Waals surface area contributed by atoms with Crippen LogP contribution in [0.15, 0.2) is 35.7 Å². The molecule has 1 spiro atoms. The molecule has 6 N–H and O–H groups in total. The second kappa shape index (κ2) is 20.5. The first-order chi connectivity index (χ1) is 39.4. The molecule has 5 heterocycles. The number of carbonyl (C=O) groups excluding carboxylic acids is 3. The van der Waals surface area contributed by atoms with E-state index in [0.717, 1.165) is 108 Å². The van der Waals surface area contributed by atoms with Crippen LogP contribution in [-0.2, 0) is 48.8 Å². The number of rotatable bonds is 13. The van der Waals surface area contributed by atoms with E-state index in [1.54, 1.807) is 0 Å². The lowest BCUT2D eigenvalue weighted by Crippen LogP contribution is -2.73.